The summed E-state index contributed by atoms with van der Waals surface area (Å²) in [5.74, 6) is 2.38. The first-order valence-electron chi connectivity index (χ1n) is 11.6. The molecule has 8 nitrogen and oxygen atoms in total. The van der Waals surface area contributed by atoms with Gasteiger partial charge in [0.05, 0.1) is 31.6 Å². The van der Waals surface area contributed by atoms with Crippen LogP contribution in [0, 0.1) is 23.7 Å². The predicted molar refractivity (Wildman–Crippen MR) is 119 cm³/mol. The number of aliphatic imine (C=N–C) groups is 1. The Hall–Kier alpha value is -3.03. The van der Waals surface area contributed by atoms with Gasteiger partial charge in [-0.05, 0) is 42.9 Å². The highest BCUT2D eigenvalue weighted by Crippen LogP contribution is 2.52. The number of nitrogens with one attached hydrogen (secondary N) is 2. The molecule has 2 N–H and O–H groups in total. The van der Waals surface area contributed by atoms with Crippen molar-refractivity contribution >= 4 is 17.8 Å². The zero-order valence-electron chi connectivity index (χ0n) is 18.4. The minimum Gasteiger partial charge on any atom is -0.490 e. The smallest absolute Gasteiger partial charge is 0.233 e. The standard InChI is InChI=1S/C24H30N4O4/c1-2-25-24(27-14-15-4-7-18-19(12-15)32-11-3-10-31-18)26-8-9-28-22(29)20-16-5-6-17(13-16)21(20)23(28)30/h4-7,12,16-17,20-21H,2-3,8-11,13-14H2,1H3,(H2,25,26,27). The first-order valence-corrected chi connectivity index (χ1v) is 11.6. The lowest BCUT2D eigenvalue weighted by Crippen LogP contribution is -2.43. The van der Waals surface area contributed by atoms with Crippen LogP contribution in [0.15, 0.2) is 35.3 Å². The van der Waals surface area contributed by atoms with E-state index in [9.17, 15) is 9.59 Å². The Morgan fingerprint density at radius 3 is 2.50 bits per heavy atom. The van der Waals surface area contributed by atoms with Gasteiger partial charge in [0.1, 0.15) is 0 Å². The second kappa shape index (κ2) is 8.84. The quantitative estimate of drug-likeness (QED) is 0.304. The van der Waals surface area contributed by atoms with Crippen molar-refractivity contribution in [1.29, 1.82) is 0 Å². The molecule has 2 heterocycles. The monoisotopic (exact) mass is 438 g/mol. The second-order valence-corrected chi connectivity index (χ2v) is 8.78. The fraction of sp³-hybridized carbons (Fsp3) is 0.542. The fourth-order valence-corrected chi connectivity index (χ4v) is 5.29. The zero-order chi connectivity index (χ0) is 22.1. The summed E-state index contributed by atoms with van der Waals surface area (Å²) in [6.45, 7) is 5.34. The lowest BCUT2D eigenvalue weighted by atomic mass is 9.85. The molecule has 32 heavy (non-hydrogen) atoms. The van der Waals surface area contributed by atoms with Crippen LogP contribution >= 0.6 is 0 Å². The molecule has 2 aliphatic carbocycles. The number of fused-ring (bicyclic) bond motifs is 6. The summed E-state index contributed by atoms with van der Waals surface area (Å²) < 4.78 is 11.4. The molecule has 0 radical (unpaired) electrons. The highest BCUT2D eigenvalue weighted by molar-refractivity contribution is 6.06. The Labute approximate surface area is 188 Å². The molecule has 170 valence electrons. The molecule has 2 bridgehead atoms. The largest absolute Gasteiger partial charge is 0.490 e. The number of ether oxygens (including phenoxy) is 2. The van der Waals surface area contributed by atoms with E-state index in [1.807, 2.05) is 25.1 Å². The lowest BCUT2D eigenvalue weighted by molar-refractivity contribution is -0.140. The van der Waals surface area contributed by atoms with Gasteiger partial charge in [-0.2, -0.15) is 0 Å². The molecule has 1 saturated carbocycles. The zero-order valence-corrected chi connectivity index (χ0v) is 18.4. The third kappa shape index (κ3) is 3.82. The summed E-state index contributed by atoms with van der Waals surface area (Å²) in [6, 6.07) is 5.88. The molecule has 2 aliphatic heterocycles. The molecule has 4 aliphatic rings. The fourth-order valence-electron chi connectivity index (χ4n) is 5.29. The van der Waals surface area contributed by atoms with Crippen molar-refractivity contribution in [2.75, 3.05) is 32.8 Å². The maximum atomic E-state index is 12.8. The molecule has 5 rings (SSSR count). The Balaban J connectivity index is 1.17. The van der Waals surface area contributed by atoms with E-state index in [2.05, 4.69) is 27.8 Å². The minimum absolute atomic E-state index is 0.00668. The summed E-state index contributed by atoms with van der Waals surface area (Å²) in [5.41, 5.74) is 1.02. The molecule has 1 aromatic rings. The van der Waals surface area contributed by atoms with Gasteiger partial charge in [0, 0.05) is 26.1 Å². The van der Waals surface area contributed by atoms with E-state index < -0.39 is 0 Å². The van der Waals surface area contributed by atoms with E-state index in [0.29, 0.717) is 45.4 Å². The summed E-state index contributed by atoms with van der Waals surface area (Å²) in [6.07, 6.45) is 6.07. The molecule has 4 unspecified atom stereocenters. The summed E-state index contributed by atoms with van der Waals surface area (Å²) in [5, 5.41) is 6.48. The molecule has 4 atom stereocenters. The van der Waals surface area contributed by atoms with Gasteiger partial charge in [-0.15, -0.1) is 0 Å². The normalized spacial score (nSPS) is 28.2. The number of rotatable bonds is 6. The molecule has 2 fully saturated rings. The van der Waals surface area contributed by atoms with Gasteiger partial charge in [0.25, 0.3) is 0 Å². The molecule has 0 spiro atoms. The number of likely N-dealkylation sites (tertiary alicyclic amines) is 1. The van der Waals surface area contributed by atoms with Gasteiger partial charge in [-0.3, -0.25) is 14.5 Å². The maximum Gasteiger partial charge on any atom is 0.233 e. The van der Waals surface area contributed by atoms with Crippen molar-refractivity contribution in [3.8, 4) is 11.5 Å². The van der Waals surface area contributed by atoms with Crippen molar-refractivity contribution in [2.45, 2.75) is 26.3 Å². The molecular formula is C24H30N4O4. The SMILES string of the molecule is CCNC(=NCc1ccc2c(c1)OCCCO2)NCCN1C(=O)C2C3C=CC(C3)C2C1=O. The number of carbonyl (C=O) groups excluding carboxylic acids is 2. The predicted octanol–water partition coefficient (Wildman–Crippen LogP) is 1.71. The number of nitrogens with zero attached hydrogens (tertiary/aromatic N) is 2. The molecule has 0 aromatic heterocycles. The van der Waals surface area contributed by atoms with Gasteiger partial charge in [0.15, 0.2) is 17.5 Å². The number of amides is 2. The van der Waals surface area contributed by atoms with Crippen LogP contribution in [0.2, 0.25) is 0 Å². The van der Waals surface area contributed by atoms with Crippen LogP contribution in [0.5, 0.6) is 11.5 Å². The van der Waals surface area contributed by atoms with E-state index in [4.69, 9.17) is 9.47 Å². The average Bonchev–Trinajstić information content (AvgIpc) is 3.41. The van der Waals surface area contributed by atoms with Crippen LogP contribution in [0.25, 0.3) is 0 Å². The van der Waals surface area contributed by atoms with Crippen LogP contribution < -0.4 is 20.1 Å². The number of hydrogen-bond donors (Lipinski definition) is 2. The van der Waals surface area contributed by atoms with Crippen molar-refractivity contribution < 1.29 is 19.1 Å². The summed E-state index contributed by atoms with van der Waals surface area (Å²) in [4.78, 5) is 31.7. The molecular weight excluding hydrogens is 408 g/mol. The first-order chi connectivity index (χ1) is 15.7. The number of allylic oxidation sites excluding steroid dienone is 2. The average molecular weight is 439 g/mol. The highest BCUT2D eigenvalue weighted by atomic mass is 16.5. The number of benzene rings is 1. The Morgan fingerprint density at radius 1 is 1.06 bits per heavy atom. The van der Waals surface area contributed by atoms with Crippen LogP contribution in [0.4, 0.5) is 0 Å². The number of hydrogen-bond acceptors (Lipinski definition) is 5. The lowest BCUT2D eigenvalue weighted by Gasteiger charge is -2.18. The van der Waals surface area contributed by atoms with E-state index in [1.54, 1.807) is 0 Å². The number of carbonyl (C=O) groups is 2. The van der Waals surface area contributed by atoms with Gasteiger partial charge in [-0.1, -0.05) is 18.2 Å². The van der Waals surface area contributed by atoms with Crippen LogP contribution in [-0.2, 0) is 16.1 Å². The van der Waals surface area contributed by atoms with Crippen LogP contribution in [0.1, 0.15) is 25.3 Å². The maximum absolute atomic E-state index is 12.8. The van der Waals surface area contributed by atoms with Crippen LogP contribution in [-0.4, -0.2) is 55.5 Å². The summed E-state index contributed by atoms with van der Waals surface area (Å²) >= 11 is 0. The summed E-state index contributed by atoms with van der Waals surface area (Å²) in [7, 11) is 0. The van der Waals surface area contributed by atoms with Crippen molar-refractivity contribution in [3.05, 3.63) is 35.9 Å². The Kier molecular flexibility index (Phi) is 5.76. The van der Waals surface area contributed by atoms with Crippen molar-refractivity contribution in [3.63, 3.8) is 0 Å². The minimum atomic E-state index is -0.140. The van der Waals surface area contributed by atoms with Crippen molar-refractivity contribution in [2.24, 2.45) is 28.7 Å². The van der Waals surface area contributed by atoms with Crippen LogP contribution in [0.3, 0.4) is 0 Å². The van der Waals surface area contributed by atoms with E-state index in [0.717, 1.165) is 29.9 Å². The Morgan fingerprint density at radius 2 is 1.78 bits per heavy atom. The van der Waals surface area contributed by atoms with Gasteiger partial charge < -0.3 is 20.1 Å². The third-order valence-electron chi connectivity index (χ3n) is 6.77. The Bertz CT molecular complexity index is 929. The molecule has 1 saturated heterocycles. The highest BCUT2D eigenvalue weighted by Gasteiger charge is 2.58. The topological polar surface area (TPSA) is 92.3 Å². The van der Waals surface area contributed by atoms with E-state index in [1.165, 1.54) is 4.90 Å². The molecule has 8 heteroatoms. The van der Waals surface area contributed by atoms with Gasteiger partial charge in [-0.25, -0.2) is 4.99 Å². The first kappa shape index (κ1) is 20.8. The number of imide groups is 1. The molecule has 2 amide bonds. The molecule has 1 aromatic carbocycles. The second-order valence-electron chi connectivity index (χ2n) is 8.78. The van der Waals surface area contributed by atoms with Gasteiger partial charge in [0.2, 0.25) is 11.8 Å². The van der Waals surface area contributed by atoms with Gasteiger partial charge >= 0.3 is 0 Å². The van der Waals surface area contributed by atoms with Crippen molar-refractivity contribution in [1.82, 2.24) is 15.5 Å². The number of guanidine groups is 1. The third-order valence-corrected chi connectivity index (χ3v) is 6.77. The van der Waals surface area contributed by atoms with E-state index >= 15 is 0 Å². The van der Waals surface area contributed by atoms with E-state index in [-0.39, 0.29) is 35.5 Å².